The zero-order valence-corrected chi connectivity index (χ0v) is 14.0. The molecule has 0 bridgehead atoms. The van der Waals surface area contributed by atoms with Crippen LogP contribution in [-0.2, 0) is 21.8 Å². The fourth-order valence-electron chi connectivity index (χ4n) is 2.91. The number of hydrogen-bond donors (Lipinski definition) is 1. The van der Waals surface area contributed by atoms with Gasteiger partial charge in [-0.2, -0.15) is 4.98 Å². The molecule has 2 aromatic rings. The van der Waals surface area contributed by atoms with E-state index in [9.17, 15) is 8.42 Å². The monoisotopic (exact) mass is 335 g/mol. The molecule has 1 aromatic carbocycles. The van der Waals surface area contributed by atoms with Gasteiger partial charge in [-0.05, 0) is 30.5 Å². The first-order valence-corrected chi connectivity index (χ1v) is 9.52. The molecule has 0 amide bonds. The highest BCUT2D eigenvalue weighted by molar-refractivity contribution is 7.91. The Balaban J connectivity index is 1.74. The Bertz CT molecular complexity index is 775. The summed E-state index contributed by atoms with van der Waals surface area (Å²) in [5.74, 6) is 1.18. The van der Waals surface area contributed by atoms with E-state index in [0.29, 0.717) is 23.0 Å². The van der Waals surface area contributed by atoms with Gasteiger partial charge in [0, 0.05) is 0 Å². The number of rotatable bonds is 5. The molecule has 3 rings (SSSR count). The molecule has 6 nitrogen and oxygen atoms in total. The highest BCUT2D eigenvalue weighted by Gasteiger charge is 2.35. The number of nitrogens with two attached hydrogens (primary N) is 1. The van der Waals surface area contributed by atoms with Gasteiger partial charge in [-0.3, -0.25) is 0 Å². The van der Waals surface area contributed by atoms with Gasteiger partial charge in [0.2, 0.25) is 5.89 Å². The average Bonchev–Trinajstić information content (AvgIpc) is 3.18. The Morgan fingerprint density at radius 2 is 1.87 bits per heavy atom. The van der Waals surface area contributed by atoms with Gasteiger partial charge in [-0.25, -0.2) is 8.42 Å². The smallest absolute Gasteiger partial charge is 0.231 e. The molecule has 1 aromatic heterocycles. The van der Waals surface area contributed by atoms with E-state index in [0.717, 1.165) is 31.2 Å². The summed E-state index contributed by atoms with van der Waals surface area (Å²) in [6.07, 6.45) is 4.42. The highest BCUT2D eigenvalue weighted by Crippen LogP contribution is 2.34. The summed E-state index contributed by atoms with van der Waals surface area (Å²) in [5.41, 5.74) is 6.78. The van der Waals surface area contributed by atoms with Crippen molar-refractivity contribution in [2.24, 2.45) is 5.73 Å². The standard InChI is InChI=1S/C16H21N3O3S/c1-2-23(20,21)13-7-5-12(6-8-13)11-14-18-15(19-22-14)16(17)9-3-4-10-16/h5-8H,2-4,9-11,17H2,1H3. The largest absolute Gasteiger partial charge is 0.339 e. The van der Waals surface area contributed by atoms with Gasteiger partial charge in [-0.1, -0.05) is 37.1 Å². The van der Waals surface area contributed by atoms with E-state index in [1.807, 2.05) is 0 Å². The summed E-state index contributed by atoms with van der Waals surface area (Å²) >= 11 is 0. The maximum absolute atomic E-state index is 11.8. The van der Waals surface area contributed by atoms with Crippen molar-refractivity contribution < 1.29 is 12.9 Å². The van der Waals surface area contributed by atoms with Gasteiger partial charge < -0.3 is 10.3 Å². The maximum atomic E-state index is 11.8. The van der Waals surface area contributed by atoms with Crippen molar-refractivity contribution >= 4 is 9.84 Å². The van der Waals surface area contributed by atoms with Gasteiger partial charge in [0.15, 0.2) is 15.7 Å². The van der Waals surface area contributed by atoms with Crippen molar-refractivity contribution in [2.45, 2.75) is 49.5 Å². The fourth-order valence-corrected chi connectivity index (χ4v) is 3.80. The van der Waals surface area contributed by atoms with Crippen LogP contribution in [0.3, 0.4) is 0 Å². The molecule has 2 N–H and O–H groups in total. The molecule has 0 spiro atoms. The molecule has 124 valence electrons. The average molecular weight is 335 g/mol. The van der Waals surface area contributed by atoms with Gasteiger partial charge >= 0.3 is 0 Å². The van der Waals surface area contributed by atoms with Crippen molar-refractivity contribution in [3.8, 4) is 0 Å². The maximum Gasteiger partial charge on any atom is 0.231 e. The first kappa shape index (κ1) is 16.1. The number of benzene rings is 1. The van der Waals surface area contributed by atoms with Crippen LogP contribution in [0.25, 0.3) is 0 Å². The third-order valence-electron chi connectivity index (χ3n) is 4.43. The summed E-state index contributed by atoms with van der Waals surface area (Å²) in [6.45, 7) is 1.63. The van der Waals surface area contributed by atoms with Gasteiger partial charge in [0.25, 0.3) is 0 Å². The van der Waals surface area contributed by atoms with Crippen LogP contribution in [0.4, 0.5) is 0 Å². The number of hydrogen-bond acceptors (Lipinski definition) is 6. The third kappa shape index (κ3) is 3.30. The second-order valence-electron chi connectivity index (χ2n) is 6.10. The Morgan fingerprint density at radius 1 is 1.22 bits per heavy atom. The number of nitrogens with zero attached hydrogens (tertiary/aromatic N) is 2. The Hall–Kier alpha value is -1.73. The minimum atomic E-state index is -3.17. The van der Waals surface area contributed by atoms with Crippen LogP contribution in [0.1, 0.15) is 49.9 Å². The van der Waals surface area contributed by atoms with Crippen molar-refractivity contribution in [3.05, 3.63) is 41.5 Å². The van der Waals surface area contributed by atoms with Crippen molar-refractivity contribution in [1.82, 2.24) is 10.1 Å². The first-order valence-electron chi connectivity index (χ1n) is 7.87. The van der Waals surface area contributed by atoms with Crippen molar-refractivity contribution in [3.63, 3.8) is 0 Å². The SMILES string of the molecule is CCS(=O)(=O)c1ccc(Cc2nc(C3(N)CCCC3)no2)cc1. The predicted molar refractivity (Wildman–Crippen MR) is 85.6 cm³/mol. The molecule has 0 radical (unpaired) electrons. The van der Waals surface area contributed by atoms with Gasteiger partial charge in [-0.15, -0.1) is 0 Å². The number of aromatic nitrogens is 2. The van der Waals surface area contributed by atoms with Gasteiger partial charge in [0.05, 0.1) is 22.6 Å². The molecule has 1 aliphatic carbocycles. The molecule has 0 aliphatic heterocycles. The van der Waals surface area contributed by atoms with E-state index < -0.39 is 15.4 Å². The molecule has 0 saturated heterocycles. The first-order chi connectivity index (χ1) is 10.9. The Labute approximate surface area is 136 Å². The molecule has 1 heterocycles. The summed E-state index contributed by atoms with van der Waals surface area (Å²) in [5, 5.41) is 4.03. The lowest BCUT2D eigenvalue weighted by molar-refractivity contribution is 0.352. The molecule has 1 aliphatic rings. The van der Waals surface area contributed by atoms with Crippen LogP contribution in [0.2, 0.25) is 0 Å². The second-order valence-corrected chi connectivity index (χ2v) is 8.38. The summed E-state index contributed by atoms with van der Waals surface area (Å²) in [7, 11) is -3.17. The van der Waals surface area contributed by atoms with E-state index in [1.54, 1.807) is 31.2 Å². The predicted octanol–water partition coefficient (Wildman–Crippen LogP) is 2.18. The zero-order chi connectivity index (χ0) is 16.5. The number of sulfone groups is 1. The lowest BCUT2D eigenvalue weighted by Gasteiger charge is -2.17. The Morgan fingerprint density at radius 3 is 2.48 bits per heavy atom. The topological polar surface area (TPSA) is 99.1 Å². The summed E-state index contributed by atoms with van der Waals surface area (Å²) in [6, 6.07) is 6.79. The van der Waals surface area contributed by atoms with Crippen LogP contribution in [0, 0.1) is 0 Å². The molecular formula is C16H21N3O3S. The Kier molecular flexibility index (Phi) is 4.25. The lowest BCUT2D eigenvalue weighted by Crippen LogP contribution is -2.34. The minimum absolute atomic E-state index is 0.0952. The van der Waals surface area contributed by atoms with Crippen molar-refractivity contribution in [1.29, 1.82) is 0 Å². The van der Waals surface area contributed by atoms with E-state index in [1.165, 1.54) is 0 Å². The van der Waals surface area contributed by atoms with Crippen LogP contribution < -0.4 is 5.73 Å². The summed E-state index contributed by atoms with van der Waals surface area (Å²) < 4.78 is 28.9. The fraction of sp³-hybridized carbons (Fsp3) is 0.500. The normalized spacial score (nSPS) is 17.5. The van der Waals surface area contributed by atoms with E-state index in [4.69, 9.17) is 10.3 Å². The molecule has 1 fully saturated rings. The molecule has 23 heavy (non-hydrogen) atoms. The molecular weight excluding hydrogens is 314 g/mol. The minimum Gasteiger partial charge on any atom is -0.339 e. The molecule has 0 unspecified atom stereocenters. The highest BCUT2D eigenvalue weighted by atomic mass is 32.2. The van der Waals surface area contributed by atoms with E-state index >= 15 is 0 Å². The quantitative estimate of drug-likeness (QED) is 0.899. The van der Waals surface area contributed by atoms with Crippen LogP contribution in [0.5, 0.6) is 0 Å². The summed E-state index contributed by atoms with van der Waals surface area (Å²) in [4.78, 5) is 4.76. The van der Waals surface area contributed by atoms with Crippen molar-refractivity contribution in [2.75, 3.05) is 5.75 Å². The second kappa shape index (κ2) is 6.05. The van der Waals surface area contributed by atoms with E-state index in [2.05, 4.69) is 10.1 Å². The molecule has 7 heteroatoms. The zero-order valence-electron chi connectivity index (χ0n) is 13.2. The van der Waals surface area contributed by atoms with Crippen LogP contribution in [0.15, 0.2) is 33.7 Å². The van der Waals surface area contributed by atoms with Crippen LogP contribution >= 0.6 is 0 Å². The lowest BCUT2D eigenvalue weighted by atomic mass is 9.99. The van der Waals surface area contributed by atoms with Crippen LogP contribution in [-0.4, -0.2) is 24.3 Å². The van der Waals surface area contributed by atoms with Gasteiger partial charge in [0.1, 0.15) is 0 Å². The molecule has 1 saturated carbocycles. The third-order valence-corrected chi connectivity index (χ3v) is 6.18. The van der Waals surface area contributed by atoms with E-state index in [-0.39, 0.29) is 5.75 Å². The molecule has 0 atom stereocenters.